The van der Waals surface area contributed by atoms with Crippen LogP contribution in [0.2, 0.25) is 48.9 Å². The monoisotopic (exact) mass is 343 g/mol. The van der Waals surface area contributed by atoms with E-state index in [-0.39, 0.29) is 32.4 Å². The first-order valence-electron chi connectivity index (χ1n) is 7.22. The summed E-state index contributed by atoms with van der Waals surface area (Å²) in [6, 6.07) is 0. The Morgan fingerprint density at radius 3 is 2.20 bits per heavy atom. The van der Waals surface area contributed by atoms with E-state index < -0.39 is 8.32 Å². The number of carbonyl (C=O) groups is 1. The Balaban J connectivity index is 2.46. The zero-order valence-electron chi connectivity index (χ0n) is 13.3. The summed E-state index contributed by atoms with van der Waals surface area (Å²) in [6.07, 6.45) is 1.21. The van der Waals surface area contributed by atoms with Crippen LogP contribution in [-0.2, 0) is 14.0 Å². The van der Waals surface area contributed by atoms with E-state index in [0.717, 1.165) is 0 Å². The van der Waals surface area contributed by atoms with Crippen molar-refractivity contribution in [1.29, 1.82) is 0 Å². The Morgan fingerprint density at radius 1 is 1.15 bits per heavy atom. The molecule has 0 saturated carbocycles. The maximum absolute atomic E-state index is 11.0. The predicted molar refractivity (Wildman–Crippen MR) is 92.8 cm³/mol. The van der Waals surface area contributed by atoms with Crippen molar-refractivity contribution in [3.05, 3.63) is 12.7 Å². The summed E-state index contributed by atoms with van der Waals surface area (Å²) in [7, 11) is -2.05. The average Bonchev–Trinajstić information content (AvgIpc) is 2.31. The van der Waals surface area contributed by atoms with E-state index >= 15 is 0 Å². The van der Waals surface area contributed by atoms with E-state index in [1.807, 2.05) is 0 Å². The molecule has 0 aromatic heterocycles. The number of ether oxygens (including phenoxy) is 1. The minimum absolute atomic E-state index is 0.0611. The lowest BCUT2D eigenvalue weighted by Gasteiger charge is -2.35. The molecule has 0 atom stereocenters. The lowest BCUT2D eigenvalue weighted by Crippen LogP contribution is -2.46. The highest BCUT2D eigenvalue weighted by Gasteiger charge is 2.36. The third kappa shape index (κ3) is 6.66. The van der Waals surface area contributed by atoms with Crippen molar-refractivity contribution in [1.82, 2.24) is 0 Å². The maximum Gasteiger partial charge on any atom is 0.330 e. The number of esters is 1. The van der Waals surface area contributed by atoms with Gasteiger partial charge in [0.2, 0.25) is 0 Å². The summed E-state index contributed by atoms with van der Waals surface area (Å²) in [6.45, 7) is 14.2. The first kappa shape index (κ1) is 18.1. The molecule has 3 nitrogen and oxygen atoms in total. The van der Waals surface area contributed by atoms with Crippen LogP contribution in [0.25, 0.3) is 0 Å². The highest BCUT2D eigenvalue weighted by atomic mass is 28.4. The molecule has 0 bridgehead atoms. The van der Waals surface area contributed by atoms with E-state index in [2.05, 4.69) is 32.8 Å². The molecular formula is C13H27O3Si4. The molecule has 0 aromatic rings. The van der Waals surface area contributed by atoms with Crippen LogP contribution in [-0.4, -0.2) is 53.9 Å². The normalized spacial score (nSPS) is 22.0. The second-order valence-corrected chi connectivity index (χ2v) is 20.8. The third-order valence-electron chi connectivity index (χ3n) is 3.50. The van der Waals surface area contributed by atoms with E-state index in [4.69, 9.17) is 9.16 Å². The van der Waals surface area contributed by atoms with E-state index in [0.29, 0.717) is 13.2 Å². The standard InChI is InChI=1S/C13H27O3Si4/c1-6-13(14)15-7-8-16-20(5)11-18(3)9-17(2)10-19(4)12-20/h6H,1,7-12H2,2-5H3. The molecule has 1 saturated heterocycles. The molecule has 0 spiro atoms. The van der Waals surface area contributed by atoms with Crippen LogP contribution in [0.3, 0.4) is 0 Å². The van der Waals surface area contributed by atoms with Gasteiger partial charge in [-0.05, 0) is 17.9 Å². The van der Waals surface area contributed by atoms with Gasteiger partial charge in [0.25, 0.3) is 0 Å². The van der Waals surface area contributed by atoms with E-state index in [1.165, 1.54) is 28.7 Å². The van der Waals surface area contributed by atoms with E-state index in [1.54, 1.807) is 0 Å². The lowest BCUT2D eigenvalue weighted by molar-refractivity contribution is -0.138. The summed E-state index contributed by atoms with van der Waals surface area (Å²) < 4.78 is 11.3. The first-order chi connectivity index (χ1) is 9.34. The molecule has 0 unspecified atom stereocenters. The molecule has 0 aliphatic carbocycles. The van der Waals surface area contributed by atoms with Crippen molar-refractivity contribution in [2.75, 3.05) is 13.2 Å². The van der Waals surface area contributed by atoms with Crippen LogP contribution in [0.15, 0.2) is 12.7 Å². The van der Waals surface area contributed by atoms with Crippen LogP contribution in [0, 0.1) is 0 Å². The van der Waals surface area contributed by atoms with Gasteiger partial charge in [-0.15, -0.1) is 0 Å². The minimum Gasteiger partial charge on any atom is -0.460 e. The Kier molecular flexibility index (Phi) is 7.66. The summed E-state index contributed by atoms with van der Waals surface area (Å²) in [5.41, 5.74) is 5.82. The number of hydrogen-bond acceptors (Lipinski definition) is 3. The lowest BCUT2D eigenvalue weighted by atomic mass is 10.6. The Morgan fingerprint density at radius 2 is 1.70 bits per heavy atom. The molecule has 7 heteroatoms. The van der Waals surface area contributed by atoms with Gasteiger partial charge in [0.1, 0.15) is 6.61 Å². The van der Waals surface area contributed by atoms with Crippen LogP contribution in [0.1, 0.15) is 0 Å². The summed E-state index contributed by atoms with van der Waals surface area (Å²) >= 11 is 0. The zero-order chi connectivity index (χ0) is 15.2. The second-order valence-electron chi connectivity index (χ2n) is 6.25. The van der Waals surface area contributed by atoms with Gasteiger partial charge in [-0.2, -0.15) is 0 Å². The Bertz CT molecular complexity index is 324. The van der Waals surface area contributed by atoms with Gasteiger partial charge >= 0.3 is 5.97 Å². The molecule has 0 N–H and O–H groups in total. The Hall–Kier alpha value is 0.0375. The Labute approximate surface area is 129 Å². The van der Waals surface area contributed by atoms with Crippen molar-refractivity contribution in [2.45, 2.75) is 48.9 Å². The van der Waals surface area contributed by atoms with Crippen molar-refractivity contribution < 1.29 is 14.0 Å². The molecule has 1 rings (SSSR count). The van der Waals surface area contributed by atoms with Gasteiger partial charge in [0, 0.05) is 32.5 Å². The summed E-state index contributed by atoms with van der Waals surface area (Å²) in [5, 5.41) is 0. The number of carbonyl (C=O) groups excluding carboxylic acids is 1. The van der Waals surface area contributed by atoms with Gasteiger partial charge in [-0.3, -0.25) is 0 Å². The number of rotatable bonds is 5. The molecule has 113 valence electrons. The largest absolute Gasteiger partial charge is 0.460 e. The topological polar surface area (TPSA) is 35.5 Å². The van der Waals surface area contributed by atoms with Gasteiger partial charge in [0.15, 0.2) is 8.32 Å². The fourth-order valence-corrected chi connectivity index (χ4v) is 29.5. The van der Waals surface area contributed by atoms with Gasteiger partial charge in [0.05, 0.1) is 6.61 Å². The quantitative estimate of drug-likeness (QED) is 0.333. The van der Waals surface area contributed by atoms with Crippen LogP contribution < -0.4 is 0 Å². The second kappa shape index (κ2) is 8.47. The van der Waals surface area contributed by atoms with Crippen molar-refractivity contribution in [2.24, 2.45) is 0 Å². The molecule has 1 heterocycles. The van der Waals surface area contributed by atoms with Gasteiger partial charge < -0.3 is 9.16 Å². The molecule has 0 amide bonds. The molecule has 1 aliphatic rings. The summed E-state index contributed by atoms with van der Waals surface area (Å²) in [4.78, 5) is 11.0. The maximum atomic E-state index is 11.0. The van der Waals surface area contributed by atoms with Crippen molar-refractivity contribution in [3.8, 4) is 0 Å². The predicted octanol–water partition coefficient (Wildman–Crippen LogP) is 2.85. The summed E-state index contributed by atoms with van der Waals surface area (Å²) in [5.74, 6) is -0.350. The van der Waals surface area contributed by atoms with Crippen LogP contribution in [0.4, 0.5) is 0 Å². The molecular weight excluding hydrogens is 316 g/mol. The van der Waals surface area contributed by atoms with Gasteiger partial charge in [-0.25, -0.2) is 4.79 Å². The van der Waals surface area contributed by atoms with Crippen molar-refractivity contribution in [3.63, 3.8) is 0 Å². The van der Waals surface area contributed by atoms with Gasteiger partial charge in [-0.1, -0.05) is 37.6 Å². The SMILES string of the molecule is C=CC(=O)OCCO[Si]1(C)C[Si](C)C[Si](C)C[Si](C)C1. The average molecular weight is 344 g/mol. The van der Waals surface area contributed by atoms with Crippen LogP contribution >= 0.6 is 0 Å². The third-order valence-corrected chi connectivity index (χ3v) is 24.9. The fraction of sp³-hybridized carbons (Fsp3) is 0.769. The highest BCUT2D eigenvalue weighted by Crippen LogP contribution is 2.27. The molecule has 3 radical (unpaired) electrons. The fourth-order valence-electron chi connectivity index (χ4n) is 3.15. The first-order valence-corrected chi connectivity index (χ1v) is 17.3. The molecule has 20 heavy (non-hydrogen) atoms. The smallest absolute Gasteiger partial charge is 0.330 e. The minimum atomic E-state index is -1.57. The van der Waals surface area contributed by atoms with Crippen molar-refractivity contribution >= 4 is 40.7 Å². The molecule has 1 aliphatic heterocycles. The van der Waals surface area contributed by atoms with E-state index in [9.17, 15) is 4.79 Å². The molecule has 0 aromatic carbocycles. The highest BCUT2D eigenvalue weighted by molar-refractivity contribution is 6.98. The van der Waals surface area contributed by atoms with Crippen LogP contribution in [0.5, 0.6) is 0 Å². The molecule has 1 fully saturated rings. The zero-order valence-corrected chi connectivity index (χ0v) is 17.3. The number of hydrogen-bond donors (Lipinski definition) is 0.